The maximum atomic E-state index is 11.3. The van der Waals surface area contributed by atoms with Crippen LogP contribution >= 0.6 is 24.0 Å². The molecule has 0 fully saturated rings. The Morgan fingerprint density at radius 2 is 2.11 bits per heavy atom. The van der Waals surface area contributed by atoms with Gasteiger partial charge in [0.2, 0.25) is 5.91 Å². The molecule has 104 valence electrons. The molecule has 0 unspecified atom stereocenters. The van der Waals surface area contributed by atoms with Crippen molar-refractivity contribution in [1.29, 1.82) is 0 Å². The maximum Gasteiger partial charge on any atom is 0.241 e. The average Bonchev–Trinajstić information content (AvgIpc) is 2.33. The molecule has 0 bridgehead atoms. The molecule has 0 atom stereocenters. The first kappa shape index (κ1) is 19.3. The van der Waals surface area contributed by atoms with Crippen molar-refractivity contribution in [1.82, 2.24) is 16.0 Å². The van der Waals surface area contributed by atoms with Crippen molar-refractivity contribution in [2.24, 2.45) is 4.99 Å². The number of nitrogens with one attached hydrogen (secondary N) is 3. The fourth-order valence-electron chi connectivity index (χ4n) is 0.976. The molecule has 0 aliphatic heterocycles. The van der Waals surface area contributed by atoms with E-state index in [9.17, 15) is 4.79 Å². The minimum absolute atomic E-state index is 0. The van der Waals surface area contributed by atoms with Crippen LogP contribution in [0.25, 0.3) is 0 Å². The summed E-state index contributed by atoms with van der Waals surface area (Å²) in [6.07, 6.45) is 5.12. The molecule has 1 amide bonds. The molecule has 0 radical (unpaired) electrons. The normalized spacial score (nSPS) is 9.94. The minimum atomic E-state index is -0.153. The summed E-state index contributed by atoms with van der Waals surface area (Å²) in [7, 11) is 1.58. The largest absolute Gasteiger partial charge is 0.383 e. The van der Waals surface area contributed by atoms with Gasteiger partial charge in [-0.15, -0.1) is 30.4 Å². The van der Waals surface area contributed by atoms with E-state index in [0.717, 1.165) is 0 Å². The molecule has 7 heteroatoms. The molecule has 0 heterocycles. The van der Waals surface area contributed by atoms with Crippen LogP contribution in [0.5, 0.6) is 0 Å². The number of carbonyl (C=O) groups is 1. The highest BCUT2D eigenvalue weighted by atomic mass is 127. The van der Waals surface area contributed by atoms with Crippen LogP contribution in [0.15, 0.2) is 4.99 Å². The lowest BCUT2D eigenvalue weighted by molar-refractivity contribution is -0.119. The van der Waals surface area contributed by atoms with Crippen LogP contribution in [0, 0.1) is 12.3 Å². The number of amides is 1. The van der Waals surface area contributed by atoms with Gasteiger partial charge in [0, 0.05) is 20.2 Å². The first-order valence-electron chi connectivity index (χ1n) is 5.45. The third kappa shape index (κ3) is 11.5. The van der Waals surface area contributed by atoms with Crippen molar-refractivity contribution in [2.45, 2.75) is 6.92 Å². The molecule has 0 spiro atoms. The van der Waals surface area contributed by atoms with Gasteiger partial charge in [0.15, 0.2) is 5.96 Å². The Balaban J connectivity index is 0. The zero-order chi connectivity index (χ0) is 12.9. The first-order chi connectivity index (χ1) is 8.24. The van der Waals surface area contributed by atoms with Gasteiger partial charge in [0.25, 0.3) is 0 Å². The van der Waals surface area contributed by atoms with Gasteiger partial charge >= 0.3 is 0 Å². The second kappa shape index (κ2) is 14.1. The van der Waals surface area contributed by atoms with Crippen molar-refractivity contribution in [3.63, 3.8) is 0 Å². The van der Waals surface area contributed by atoms with E-state index in [-0.39, 0.29) is 36.4 Å². The van der Waals surface area contributed by atoms with Crippen molar-refractivity contribution >= 4 is 35.8 Å². The number of rotatable bonds is 7. The molecule has 18 heavy (non-hydrogen) atoms. The van der Waals surface area contributed by atoms with Crippen molar-refractivity contribution in [2.75, 3.05) is 39.9 Å². The van der Waals surface area contributed by atoms with Gasteiger partial charge in [-0.3, -0.25) is 4.79 Å². The first-order valence-corrected chi connectivity index (χ1v) is 5.45. The number of halogens is 1. The number of methoxy groups -OCH3 is 1. The fourth-order valence-corrected chi connectivity index (χ4v) is 0.976. The molecule has 6 nitrogen and oxygen atoms in total. The Hall–Kier alpha value is -1.01. The average molecular weight is 368 g/mol. The van der Waals surface area contributed by atoms with E-state index in [1.54, 1.807) is 7.11 Å². The molecular weight excluding hydrogens is 347 g/mol. The molecule has 0 saturated heterocycles. The molecule has 0 aromatic rings. The smallest absolute Gasteiger partial charge is 0.241 e. The van der Waals surface area contributed by atoms with Crippen LogP contribution < -0.4 is 16.0 Å². The van der Waals surface area contributed by atoms with E-state index in [0.29, 0.717) is 32.2 Å². The summed E-state index contributed by atoms with van der Waals surface area (Å²) in [6, 6.07) is 0. The standard InChI is InChI=1S/C11H20N4O2.HI/c1-4-6-14-11(12-5-2)15-9-10(16)13-7-8-17-3;/h1H,5-9H2,2-3H3,(H,13,16)(H2,12,14,15);1H. The second-order valence-electron chi connectivity index (χ2n) is 3.10. The van der Waals surface area contributed by atoms with Gasteiger partial charge in [-0.2, -0.15) is 0 Å². The lowest BCUT2D eigenvalue weighted by Crippen LogP contribution is -2.38. The molecule has 0 rings (SSSR count). The molecule has 0 aliphatic carbocycles. The highest BCUT2D eigenvalue weighted by Gasteiger charge is 2.00. The highest BCUT2D eigenvalue weighted by molar-refractivity contribution is 14.0. The third-order valence-electron chi connectivity index (χ3n) is 1.71. The van der Waals surface area contributed by atoms with Gasteiger partial charge in [-0.1, -0.05) is 5.92 Å². The zero-order valence-corrected chi connectivity index (χ0v) is 13.1. The van der Waals surface area contributed by atoms with E-state index in [1.165, 1.54) is 0 Å². The summed E-state index contributed by atoms with van der Waals surface area (Å²) in [6.45, 7) is 4.05. The Bertz CT molecular complexity index is 289. The molecule has 0 aromatic carbocycles. The summed E-state index contributed by atoms with van der Waals surface area (Å²) < 4.78 is 4.81. The van der Waals surface area contributed by atoms with Crippen molar-refractivity contribution in [3.05, 3.63) is 0 Å². The molecule has 0 aromatic heterocycles. The number of nitrogens with zero attached hydrogens (tertiary/aromatic N) is 1. The number of ether oxygens (including phenoxy) is 1. The van der Waals surface area contributed by atoms with E-state index in [2.05, 4.69) is 26.9 Å². The second-order valence-corrected chi connectivity index (χ2v) is 3.10. The van der Waals surface area contributed by atoms with Crippen LogP contribution in [0.4, 0.5) is 0 Å². The SMILES string of the molecule is C#CCNC(=NCC(=O)NCCOC)NCC.I. The zero-order valence-electron chi connectivity index (χ0n) is 10.8. The summed E-state index contributed by atoms with van der Waals surface area (Å²) in [4.78, 5) is 15.4. The number of carbonyl (C=O) groups excluding carboxylic acids is 1. The van der Waals surface area contributed by atoms with Crippen molar-refractivity contribution < 1.29 is 9.53 Å². The summed E-state index contributed by atoms with van der Waals surface area (Å²) >= 11 is 0. The lowest BCUT2D eigenvalue weighted by Gasteiger charge is -2.08. The monoisotopic (exact) mass is 368 g/mol. The predicted molar refractivity (Wildman–Crippen MR) is 83.1 cm³/mol. The Morgan fingerprint density at radius 1 is 1.39 bits per heavy atom. The number of hydrogen-bond donors (Lipinski definition) is 3. The third-order valence-corrected chi connectivity index (χ3v) is 1.71. The minimum Gasteiger partial charge on any atom is -0.383 e. The summed E-state index contributed by atoms with van der Waals surface area (Å²) in [5.74, 6) is 2.82. The number of hydrogen-bond acceptors (Lipinski definition) is 3. The van der Waals surface area contributed by atoms with Crippen LogP contribution in [-0.2, 0) is 9.53 Å². The maximum absolute atomic E-state index is 11.3. The predicted octanol–water partition coefficient (Wildman–Crippen LogP) is -0.445. The molecule has 0 saturated carbocycles. The van der Waals surface area contributed by atoms with Crippen LogP contribution in [-0.4, -0.2) is 51.8 Å². The summed E-state index contributed by atoms with van der Waals surface area (Å²) in [5, 5.41) is 8.54. The lowest BCUT2D eigenvalue weighted by atomic mass is 10.5. The van der Waals surface area contributed by atoms with E-state index >= 15 is 0 Å². The van der Waals surface area contributed by atoms with Gasteiger partial charge in [-0.25, -0.2) is 4.99 Å². The van der Waals surface area contributed by atoms with Crippen molar-refractivity contribution in [3.8, 4) is 12.3 Å². The number of guanidine groups is 1. The van der Waals surface area contributed by atoms with E-state index in [1.807, 2.05) is 6.92 Å². The number of terminal acetylenes is 1. The molecular formula is C11H21IN4O2. The Labute approximate surface area is 125 Å². The Kier molecular flexibility index (Phi) is 15.1. The van der Waals surface area contributed by atoms with Gasteiger partial charge < -0.3 is 20.7 Å². The van der Waals surface area contributed by atoms with Gasteiger partial charge in [-0.05, 0) is 6.92 Å². The fraction of sp³-hybridized carbons (Fsp3) is 0.636. The molecule has 0 aliphatic rings. The quantitative estimate of drug-likeness (QED) is 0.187. The van der Waals surface area contributed by atoms with E-state index < -0.39 is 0 Å². The molecule has 3 N–H and O–H groups in total. The van der Waals surface area contributed by atoms with E-state index in [4.69, 9.17) is 11.2 Å². The van der Waals surface area contributed by atoms with Crippen LogP contribution in [0.3, 0.4) is 0 Å². The van der Waals surface area contributed by atoms with Crippen LogP contribution in [0.1, 0.15) is 6.92 Å². The Morgan fingerprint density at radius 3 is 2.67 bits per heavy atom. The highest BCUT2D eigenvalue weighted by Crippen LogP contribution is 1.75. The van der Waals surface area contributed by atoms with Gasteiger partial charge in [0.1, 0.15) is 6.54 Å². The topological polar surface area (TPSA) is 74.8 Å². The summed E-state index contributed by atoms with van der Waals surface area (Å²) in [5.41, 5.74) is 0. The van der Waals surface area contributed by atoms with Gasteiger partial charge in [0.05, 0.1) is 13.2 Å². The number of aliphatic imine (C=N–C) groups is 1. The van der Waals surface area contributed by atoms with Crippen LogP contribution in [0.2, 0.25) is 0 Å².